The molecule has 0 unspecified atom stereocenters. The minimum absolute atomic E-state index is 0.0719. The van der Waals surface area contributed by atoms with Gasteiger partial charge in [0.2, 0.25) is 10.0 Å². The van der Waals surface area contributed by atoms with Gasteiger partial charge in [-0.3, -0.25) is 4.90 Å². The van der Waals surface area contributed by atoms with E-state index in [9.17, 15) is 8.42 Å². The topological polar surface area (TPSA) is 49.9 Å². The molecule has 0 amide bonds. The van der Waals surface area contributed by atoms with E-state index in [1.165, 1.54) is 0 Å². The Bertz CT molecular complexity index is 385. The summed E-state index contributed by atoms with van der Waals surface area (Å²) in [7, 11) is -3.17. The van der Waals surface area contributed by atoms with Crippen LogP contribution >= 0.6 is 0 Å². The Hall–Kier alpha value is -0.430. The summed E-state index contributed by atoms with van der Waals surface area (Å²) < 4.78 is 31.1. The Labute approximate surface area is 117 Å². The third kappa shape index (κ3) is 6.03. The van der Waals surface area contributed by atoms with Gasteiger partial charge in [0.1, 0.15) is 0 Å². The van der Waals surface area contributed by atoms with Crippen molar-refractivity contribution in [3.8, 4) is 0 Å². The maximum Gasteiger partial charge on any atom is 0.216 e. The van der Waals surface area contributed by atoms with Crippen LogP contribution in [0.2, 0.25) is 0 Å². The normalized spacial score (nSPS) is 18.9. The highest BCUT2D eigenvalue weighted by atomic mass is 32.2. The average molecular weight is 290 g/mol. The minimum atomic E-state index is -3.17. The molecule has 0 bridgehead atoms. The van der Waals surface area contributed by atoms with E-state index in [1.54, 1.807) is 4.31 Å². The average Bonchev–Trinajstić information content (AvgIpc) is 2.28. The van der Waals surface area contributed by atoms with Gasteiger partial charge >= 0.3 is 0 Å². The maximum atomic E-state index is 12.1. The quantitative estimate of drug-likeness (QED) is 0.655. The zero-order valence-corrected chi connectivity index (χ0v) is 13.1. The summed E-state index contributed by atoms with van der Waals surface area (Å²) in [6, 6.07) is 0. The summed E-state index contributed by atoms with van der Waals surface area (Å²) in [4.78, 5) is 2.24. The van der Waals surface area contributed by atoms with Crippen LogP contribution in [0.1, 0.15) is 20.8 Å². The van der Waals surface area contributed by atoms with Crippen LogP contribution in [0.25, 0.3) is 0 Å². The zero-order valence-electron chi connectivity index (χ0n) is 12.3. The minimum Gasteiger partial charge on any atom is -0.378 e. The first-order valence-corrected chi connectivity index (χ1v) is 8.38. The number of hydrogen-bond donors (Lipinski definition) is 0. The summed E-state index contributed by atoms with van der Waals surface area (Å²) in [5, 5.41) is 0. The lowest BCUT2D eigenvalue weighted by Gasteiger charge is -2.34. The molecule has 1 heterocycles. The largest absolute Gasteiger partial charge is 0.378 e. The molecule has 6 heteroatoms. The summed E-state index contributed by atoms with van der Waals surface area (Å²) >= 11 is 0. The lowest BCUT2D eigenvalue weighted by molar-refractivity contribution is 0.0903. The second-order valence-electron chi connectivity index (χ2n) is 5.37. The summed E-state index contributed by atoms with van der Waals surface area (Å²) in [5.74, 6) is 0.0751. The molecule has 1 aliphatic rings. The van der Waals surface area contributed by atoms with Crippen LogP contribution in [0.4, 0.5) is 0 Å². The molecule has 1 saturated heterocycles. The number of sulfonamides is 1. The van der Waals surface area contributed by atoms with Gasteiger partial charge < -0.3 is 4.74 Å². The number of piperazine rings is 1. The smallest absolute Gasteiger partial charge is 0.216 e. The van der Waals surface area contributed by atoms with Gasteiger partial charge in [-0.2, -0.15) is 4.31 Å². The fourth-order valence-electron chi connectivity index (χ4n) is 2.07. The van der Waals surface area contributed by atoms with Crippen molar-refractivity contribution in [3.63, 3.8) is 0 Å². The van der Waals surface area contributed by atoms with E-state index in [4.69, 9.17) is 4.74 Å². The first-order chi connectivity index (χ1) is 8.81. The zero-order chi connectivity index (χ0) is 14.5. The molecule has 112 valence electrons. The second kappa shape index (κ2) is 7.38. The molecule has 0 aromatic heterocycles. The highest BCUT2D eigenvalue weighted by Crippen LogP contribution is 2.09. The molecule has 0 aromatic rings. The molecule has 0 atom stereocenters. The lowest BCUT2D eigenvalue weighted by atomic mass is 10.3. The third-order valence-electron chi connectivity index (χ3n) is 3.01. The summed E-state index contributed by atoms with van der Waals surface area (Å²) in [6.45, 7) is 13.5. The number of hydrogen-bond acceptors (Lipinski definition) is 4. The van der Waals surface area contributed by atoms with E-state index in [0.717, 1.165) is 25.2 Å². The van der Waals surface area contributed by atoms with Crippen molar-refractivity contribution in [3.05, 3.63) is 12.2 Å². The standard InChI is InChI=1S/C13H26N2O3S/c1-12(2)11-14-5-7-15(8-6-14)19(16,17)10-9-18-13(3)4/h13H,1,5-11H2,2-4H3. The Morgan fingerprint density at radius 2 is 1.84 bits per heavy atom. The van der Waals surface area contributed by atoms with Crippen LogP contribution in [0.3, 0.4) is 0 Å². The van der Waals surface area contributed by atoms with Crippen LogP contribution in [0, 0.1) is 0 Å². The van der Waals surface area contributed by atoms with Crippen LogP contribution < -0.4 is 0 Å². The molecule has 0 N–H and O–H groups in total. The lowest BCUT2D eigenvalue weighted by Crippen LogP contribution is -2.49. The Balaban J connectivity index is 2.38. The van der Waals surface area contributed by atoms with Crippen LogP contribution in [-0.4, -0.2) is 68.8 Å². The SMILES string of the molecule is C=C(C)CN1CCN(S(=O)(=O)CCOC(C)C)CC1. The molecular formula is C13H26N2O3S. The van der Waals surface area contributed by atoms with Gasteiger partial charge in [0.05, 0.1) is 18.5 Å². The highest BCUT2D eigenvalue weighted by Gasteiger charge is 2.26. The van der Waals surface area contributed by atoms with Gasteiger partial charge in [0.15, 0.2) is 0 Å². The van der Waals surface area contributed by atoms with E-state index in [0.29, 0.717) is 13.1 Å². The van der Waals surface area contributed by atoms with Crippen LogP contribution in [-0.2, 0) is 14.8 Å². The highest BCUT2D eigenvalue weighted by molar-refractivity contribution is 7.89. The van der Waals surface area contributed by atoms with E-state index in [1.807, 2.05) is 20.8 Å². The Kier molecular flexibility index (Phi) is 6.46. The van der Waals surface area contributed by atoms with Crippen molar-refractivity contribution in [1.82, 2.24) is 9.21 Å². The molecule has 0 spiro atoms. The molecule has 0 aliphatic carbocycles. The molecule has 1 fully saturated rings. The van der Waals surface area contributed by atoms with E-state index in [2.05, 4.69) is 11.5 Å². The molecular weight excluding hydrogens is 264 g/mol. The van der Waals surface area contributed by atoms with Gasteiger partial charge in [0.25, 0.3) is 0 Å². The first-order valence-electron chi connectivity index (χ1n) is 6.77. The van der Waals surface area contributed by atoms with E-state index >= 15 is 0 Å². The van der Waals surface area contributed by atoms with Gasteiger partial charge in [-0.15, -0.1) is 0 Å². The molecule has 1 rings (SSSR count). The number of ether oxygens (including phenoxy) is 1. The predicted molar refractivity (Wildman–Crippen MR) is 77.7 cm³/mol. The molecule has 0 aromatic carbocycles. The fourth-order valence-corrected chi connectivity index (χ4v) is 3.35. The number of rotatable bonds is 7. The van der Waals surface area contributed by atoms with Crippen molar-refractivity contribution in [2.24, 2.45) is 0 Å². The van der Waals surface area contributed by atoms with Crippen molar-refractivity contribution < 1.29 is 13.2 Å². The van der Waals surface area contributed by atoms with Gasteiger partial charge in [-0.05, 0) is 20.8 Å². The molecule has 1 aliphatic heterocycles. The fraction of sp³-hybridized carbons (Fsp3) is 0.846. The summed E-state index contributed by atoms with van der Waals surface area (Å²) in [5.41, 5.74) is 1.11. The Morgan fingerprint density at radius 1 is 1.26 bits per heavy atom. The maximum absolute atomic E-state index is 12.1. The van der Waals surface area contributed by atoms with Crippen molar-refractivity contribution in [2.45, 2.75) is 26.9 Å². The van der Waals surface area contributed by atoms with Crippen molar-refractivity contribution >= 4 is 10.0 Å². The molecule has 19 heavy (non-hydrogen) atoms. The Morgan fingerprint density at radius 3 is 2.32 bits per heavy atom. The van der Waals surface area contributed by atoms with Gasteiger partial charge in [-0.1, -0.05) is 12.2 Å². The van der Waals surface area contributed by atoms with Gasteiger partial charge in [-0.25, -0.2) is 8.42 Å². The van der Waals surface area contributed by atoms with Crippen molar-refractivity contribution in [2.75, 3.05) is 45.1 Å². The molecule has 0 radical (unpaired) electrons. The second-order valence-corrected chi connectivity index (χ2v) is 7.46. The van der Waals surface area contributed by atoms with Crippen LogP contribution in [0.5, 0.6) is 0 Å². The predicted octanol–water partition coefficient (Wildman–Crippen LogP) is 0.935. The van der Waals surface area contributed by atoms with Crippen LogP contribution in [0.15, 0.2) is 12.2 Å². The first kappa shape index (κ1) is 16.6. The number of nitrogens with zero attached hydrogens (tertiary/aromatic N) is 2. The molecule has 0 saturated carbocycles. The van der Waals surface area contributed by atoms with Gasteiger partial charge in [0, 0.05) is 32.7 Å². The van der Waals surface area contributed by atoms with Crippen molar-refractivity contribution in [1.29, 1.82) is 0 Å². The van der Waals surface area contributed by atoms with E-state index in [-0.39, 0.29) is 18.5 Å². The van der Waals surface area contributed by atoms with E-state index < -0.39 is 10.0 Å². The summed E-state index contributed by atoms with van der Waals surface area (Å²) in [6.07, 6.45) is 0.0719. The molecule has 5 nitrogen and oxygen atoms in total. The third-order valence-corrected chi connectivity index (χ3v) is 4.85. The monoisotopic (exact) mass is 290 g/mol.